The number of carbonyl (C=O) groups excluding carboxylic acids is 2. The van der Waals surface area contributed by atoms with Crippen molar-refractivity contribution in [2.45, 2.75) is 6.92 Å². The number of anilines is 1. The molecule has 0 unspecified atom stereocenters. The minimum absolute atomic E-state index is 0.150. The molecule has 0 aliphatic carbocycles. The van der Waals surface area contributed by atoms with Crippen LogP contribution in [0.5, 0.6) is 0 Å². The molecule has 0 aliphatic rings. The number of nitrogens with one attached hydrogen (secondary N) is 2. The summed E-state index contributed by atoms with van der Waals surface area (Å²) in [7, 11) is 1.57. The maximum atomic E-state index is 11.3. The first-order chi connectivity index (χ1) is 7.04. The highest BCUT2D eigenvalue weighted by Gasteiger charge is 2.07. The van der Waals surface area contributed by atoms with Crippen LogP contribution in [0.1, 0.15) is 17.3 Å². The minimum atomic E-state index is -0.162. The molecule has 0 aromatic heterocycles. The normalized spacial score (nSPS) is 9.53. The largest absolute Gasteiger partial charge is 0.355 e. The average Bonchev–Trinajstić information content (AvgIpc) is 2.19. The van der Waals surface area contributed by atoms with Crippen molar-refractivity contribution in [2.24, 2.45) is 0 Å². The number of rotatable bonds is 2. The van der Waals surface area contributed by atoms with Crippen LogP contribution in [-0.4, -0.2) is 18.9 Å². The summed E-state index contributed by atoms with van der Waals surface area (Å²) in [5, 5.41) is 5.16. The van der Waals surface area contributed by atoms with Crippen molar-refractivity contribution < 1.29 is 9.59 Å². The van der Waals surface area contributed by atoms with Crippen molar-refractivity contribution in [3.8, 4) is 0 Å². The Morgan fingerprint density at radius 1 is 1.33 bits per heavy atom. The number of carbonyl (C=O) groups is 2. The Balaban J connectivity index is 2.97. The Bertz CT molecular complexity index is 404. The van der Waals surface area contributed by atoms with Crippen LogP contribution in [0.4, 0.5) is 5.69 Å². The minimum Gasteiger partial charge on any atom is -0.355 e. The predicted molar refractivity (Wildman–Crippen MR) is 61.8 cm³/mol. The van der Waals surface area contributed by atoms with Crippen molar-refractivity contribution in [1.82, 2.24) is 5.32 Å². The van der Waals surface area contributed by atoms with E-state index in [1.807, 2.05) is 0 Å². The molecule has 2 N–H and O–H groups in total. The van der Waals surface area contributed by atoms with Crippen LogP contribution in [0.25, 0.3) is 0 Å². The summed E-state index contributed by atoms with van der Waals surface area (Å²) in [5.41, 5.74) is 1.19. The van der Waals surface area contributed by atoms with E-state index < -0.39 is 0 Å². The second-order valence-corrected chi connectivity index (χ2v) is 3.81. The van der Waals surface area contributed by atoms with Crippen molar-refractivity contribution >= 4 is 33.4 Å². The van der Waals surface area contributed by atoms with Gasteiger partial charge in [0.25, 0.3) is 5.91 Å². The highest BCUT2D eigenvalue weighted by atomic mass is 79.9. The van der Waals surface area contributed by atoms with E-state index in [9.17, 15) is 9.59 Å². The third kappa shape index (κ3) is 3.06. The molecule has 15 heavy (non-hydrogen) atoms. The third-order valence-electron chi connectivity index (χ3n) is 1.77. The lowest BCUT2D eigenvalue weighted by atomic mass is 10.2. The Kier molecular flexibility index (Phi) is 3.85. The van der Waals surface area contributed by atoms with Gasteiger partial charge in [-0.1, -0.05) is 0 Å². The highest BCUT2D eigenvalue weighted by Crippen LogP contribution is 2.23. The summed E-state index contributed by atoms with van der Waals surface area (Å²) >= 11 is 3.28. The zero-order valence-electron chi connectivity index (χ0n) is 8.43. The van der Waals surface area contributed by atoms with Gasteiger partial charge in [0.1, 0.15) is 0 Å². The molecule has 0 spiro atoms. The first-order valence-electron chi connectivity index (χ1n) is 4.34. The highest BCUT2D eigenvalue weighted by molar-refractivity contribution is 9.10. The third-order valence-corrected chi connectivity index (χ3v) is 2.43. The van der Waals surface area contributed by atoms with Gasteiger partial charge in [0, 0.05) is 24.0 Å². The summed E-state index contributed by atoms with van der Waals surface area (Å²) in [6.45, 7) is 1.43. The lowest BCUT2D eigenvalue weighted by Crippen LogP contribution is -2.17. The number of amides is 2. The Morgan fingerprint density at radius 3 is 2.47 bits per heavy atom. The SMILES string of the molecule is CNC(=O)c1ccc(NC(C)=O)c(Br)c1. The van der Waals surface area contributed by atoms with E-state index in [0.29, 0.717) is 15.7 Å². The first kappa shape index (κ1) is 11.7. The molecule has 1 rings (SSSR count). The molecule has 1 aromatic rings. The maximum absolute atomic E-state index is 11.3. The lowest BCUT2D eigenvalue weighted by molar-refractivity contribution is -0.114. The molecule has 2 amide bonds. The number of benzene rings is 1. The van der Waals surface area contributed by atoms with Gasteiger partial charge < -0.3 is 10.6 Å². The molecule has 0 aliphatic heterocycles. The van der Waals surface area contributed by atoms with Crippen LogP contribution in [0.15, 0.2) is 22.7 Å². The Morgan fingerprint density at radius 2 is 2.00 bits per heavy atom. The Labute approximate surface area is 96.2 Å². The summed E-state index contributed by atoms with van der Waals surface area (Å²) in [4.78, 5) is 22.1. The van der Waals surface area contributed by atoms with E-state index in [0.717, 1.165) is 0 Å². The van der Waals surface area contributed by atoms with E-state index in [2.05, 4.69) is 26.6 Å². The van der Waals surface area contributed by atoms with Crippen molar-refractivity contribution in [1.29, 1.82) is 0 Å². The molecule has 5 heteroatoms. The molecule has 0 atom stereocenters. The van der Waals surface area contributed by atoms with Gasteiger partial charge in [-0.3, -0.25) is 9.59 Å². The lowest BCUT2D eigenvalue weighted by Gasteiger charge is -2.06. The van der Waals surface area contributed by atoms with E-state index in [4.69, 9.17) is 0 Å². The molecular formula is C10H11BrN2O2. The molecule has 0 heterocycles. The van der Waals surface area contributed by atoms with Gasteiger partial charge in [-0.2, -0.15) is 0 Å². The standard InChI is InChI=1S/C10H11BrN2O2/c1-6(14)13-9-4-3-7(5-8(9)11)10(15)12-2/h3-5H,1-2H3,(H,12,15)(H,13,14). The first-order valence-corrected chi connectivity index (χ1v) is 5.13. The van der Waals surface area contributed by atoms with Gasteiger partial charge in [-0.15, -0.1) is 0 Å². The zero-order chi connectivity index (χ0) is 11.4. The smallest absolute Gasteiger partial charge is 0.251 e. The molecule has 1 aromatic carbocycles. The van der Waals surface area contributed by atoms with E-state index in [-0.39, 0.29) is 11.8 Å². The molecule has 80 valence electrons. The van der Waals surface area contributed by atoms with Crippen LogP contribution in [0.2, 0.25) is 0 Å². The molecule has 0 fully saturated rings. The van der Waals surface area contributed by atoms with Crippen molar-refractivity contribution in [3.63, 3.8) is 0 Å². The topological polar surface area (TPSA) is 58.2 Å². The summed E-state index contributed by atoms with van der Waals surface area (Å²) in [6.07, 6.45) is 0. The molecule has 0 saturated heterocycles. The van der Waals surface area contributed by atoms with Crippen LogP contribution in [0.3, 0.4) is 0 Å². The quantitative estimate of drug-likeness (QED) is 0.861. The second-order valence-electron chi connectivity index (χ2n) is 2.95. The molecule has 0 saturated carbocycles. The predicted octanol–water partition coefficient (Wildman–Crippen LogP) is 1.77. The van der Waals surface area contributed by atoms with Crippen LogP contribution in [-0.2, 0) is 4.79 Å². The van der Waals surface area contributed by atoms with Crippen LogP contribution >= 0.6 is 15.9 Å². The van der Waals surface area contributed by atoms with Gasteiger partial charge in [0.2, 0.25) is 5.91 Å². The average molecular weight is 271 g/mol. The van der Waals surface area contributed by atoms with Gasteiger partial charge in [-0.05, 0) is 34.1 Å². The molecule has 4 nitrogen and oxygen atoms in total. The summed E-state index contributed by atoms with van der Waals surface area (Å²) in [6, 6.07) is 4.98. The van der Waals surface area contributed by atoms with Crippen molar-refractivity contribution in [3.05, 3.63) is 28.2 Å². The van der Waals surface area contributed by atoms with Crippen LogP contribution in [0, 0.1) is 0 Å². The van der Waals surface area contributed by atoms with E-state index in [1.54, 1.807) is 25.2 Å². The monoisotopic (exact) mass is 270 g/mol. The fourth-order valence-electron chi connectivity index (χ4n) is 1.09. The van der Waals surface area contributed by atoms with Gasteiger partial charge in [-0.25, -0.2) is 0 Å². The van der Waals surface area contributed by atoms with Gasteiger partial charge >= 0.3 is 0 Å². The van der Waals surface area contributed by atoms with E-state index in [1.165, 1.54) is 6.92 Å². The Hall–Kier alpha value is -1.36. The second kappa shape index (κ2) is 4.93. The number of hydrogen-bond acceptors (Lipinski definition) is 2. The summed E-state index contributed by atoms with van der Waals surface area (Å²) in [5.74, 6) is -0.312. The van der Waals surface area contributed by atoms with Crippen LogP contribution < -0.4 is 10.6 Å². The molecule has 0 bridgehead atoms. The molecular weight excluding hydrogens is 260 g/mol. The zero-order valence-corrected chi connectivity index (χ0v) is 10.0. The molecule has 0 radical (unpaired) electrons. The van der Waals surface area contributed by atoms with E-state index >= 15 is 0 Å². The number of hydrogen-bond donors (Lipinski definition) is 2. The maximum Gasteiger partial charge on any atom is 0.251 e. The fourth-order valence-corrected chi connectivity index (χ4v) is 1.57. The van der Waals surface area contributed by atoms with Gasteiger partial charge in [0.15, 0.2) is 0 Å². The number of halogens is 1. The fraction of sp³-hybridized carbons (Fsp3) is 0.200. The van der Waals surface area contributed by atoms with Crippen molar-refractivity contribution in [2.75, 3.05) is 12.4 Å². The van der Waals surface area contributed by atoms with Gasteiger partial charge in [0.05, 0.1) is 5.69 Å². The summed E-state index contributed by atoms with van der Waals surface area (Å²) < 4.78 is 0.679.